The third-order valence-corrected chi connectivity index (χ3v) is 5.97. The highest BCUT2D eigenvalue weighted by molar-refractivity contribution is 8.03. The number of hydrogen-bond donors (Lipinski definition) is 1. The quantitative estimate of drug-likeness (QED) is 0.541. The summed E-state index contributed by atoms with van der Waals surface area (Å²) in [5, 5.41) is 2.68. The number of carbonyl (C=O) groups is 3. The van der Waals surface area contributed by atoms with Crippen LogP contribution in [0.15, 0.2) is 83.8 Å². The predicted octanol–water partition coefficient (Wildman–Crippen LogP) is 5.00. The minimum absolute atomic E-state index is 0.183. The second-order valence-electron chi connectivity index (χ2n) is 7.16. The zero-order chi connectivity index (χ0) is 22.7. The average Bonchev–Trinajstić information content (AvgIpc) is 3.02. The van der Waals surface area contributed by atoms with E-state index in [0.29, 0.717) is 21.9 Å². The highest BCUT2D eigenvalue weighted by Gasteiger charge is 2.40. The first-order valence-electron chi connectivity index (χ1n) is 9.87. The summed E-state index contributed by atoms with van der Waals surface area (Å²) in [6, 6.07) is 21.7. The van der Waals surface area contributed by atoms with Crippen LogP contribution in [0, 0.1) is 5.82 Å². The molecule has 0 saturated carbocycles. The maximum atomic E-state index is 13.8. The third-order valence-electron chi connectivity index (χ3n) is 4.83. The van der Waals surface area contributed by atoms with Crippen molar-refractivity contribution >= 4 is 46.4 Å². The fourth-order valence-electron chi connectivity index (χ4n) is 3.40. The first-order valence-corrected chi connectivity index (χ1v) is 10.9. The van der Waals surface area contributed by atoms with Crippen molar-refractivity contribution in [2.45, 2.75) is 12.7 Å². The lowest BCUT2D eigenvalue weighted by Gasteiger charge is -2.15. The fourth-order valence-corrected chi connectivity index (χ4v) is 4.47. The van der Waals surface area contributed by atoms with Crippen molar-refractivity contribution in [2.75, 3.05) is 10.2 Å². The van der Waals surface area contributed by atoms with Gasteiger partial charge >= 0.3 is 0 Å². The number of nitrogens with zero attached hydrogens (tertiary/aromatic N) is 1. The maximum Gasteiger partial charge on any atom is 0.272 e. The lowest BCUT2D eigenvalue weighted by molar-refractivity contribution is -0.120. The van der Waals surface area contributed by atoms with Crippen LogP contribution >= 0.6 is 11.8 Å². The summed E-state index contributed by atoms with van der Waals surface area (Å²) >= 11 is 1.27. The van der Waals surface area contributed by atoms with Gasteiger partial charge in [-0.05, 0) is 41.5 Å². The molecule has 0 radical (unpaired) electrons. The molecule has 0 aromatic heterocycles. The Bertz CT molecular complexity index is 1220. The Balaban J connectivity index is 1.72. The first-order chi connectivity index (χ1) is 15.4. The number of imide groups is 1. The number of halogens is 1. The molecule has 3 aromatic rings. The van der Waals surface area contributed by atoms with Gasteiger partial charge in [-0.15, -0.1) is 11.8 Å². The van der Waals surface area contributed by atoms with Crippen LogP contribution in [0.3, 0.4) is 0 Å². The predicted molar refractivity (Wildman–Crippen MR) is 124 cm³/mol. The molecule has 1 heterocycles. The monoisotopic (exact) mass is 446 g/mol. The van der Waals surface area contributed by atoms with Crippen LogP contribution in [0.4, 0.5) is 15.8 Å². The highest BCUT2D eigenvalue weighted by atomic mass is 32.2. The molecule has 3 amide bonds. The smallest absolute Gasteiger partial charge is 0.272 e. The summed E-state index contributed by atoms with van der Waals surface area (Å²) in [5.41, 5.74) is 2.58. The molecule has 32 heavy (non-hydrogen) atoms. The molecule has 3 aromatic carbocycles. The van der Waals surface area contributed by atoms with E-state index >= 15 is 0 Å². The minimum atomic E-state index is -0.533. The van der Waals surface area contributed by atoms with Crippen molar-refractivity contribution in [1.29, 1.82) is 0 Å². The van der Waals surface area contributed by atoms with Crippen molar-refractivity contribution in [3.05, 3.63) is 101 Å². The van der Waals surface area contributed by atoms with E-state index in [4.69, 9.17) is 0 Å². The summed E-state index contributed by atoms with van der Waals surface area (Å²) in [5.74, 6) is -1.24. The van der Waals surface area contributed by atoms with Crippen LogP contribution < -0.4 is 10.2 Å². The van der Waals surface area contributed by atoms with Gasteiger partial charge in [0.25, 0.3) is 11.8 Å². The van der Waals surface area contributed by atoms with Gasteiger partial charge in [0.1, 0.15) is 5.82 Å². The van der Waals surface area contributed by atoms with Gasteiger partial charge in [0, 0.05) is 18.4 Å². The molecule has 1 aliphatic heterocycles. The molecule has 160 valence electrons. The summed E-state index contributed by atoms with van der Waals surface area (Å²) in [6.07, 6.45) is 0. The molecule has 7 heteroatoms. The van der Waals surface area contributed by atoms with Gasteiger partial charge in [0.2, 0.25) is 5.91 Å². The largest absolute Gasteiger partial charge is 0.326 e. The van der Waals surface area contributed by atoms with Crippen molar-refractivity contribution in [3.8, 4) is 0 Å². The van der Waals surface area contributed by atoms with Gasteiger partial charge in [0.05, 0.1) is 16.2 Å². The number of amides is 3. The normalized spacial score (nSPS) is 13.6. The van der Waals surface area contributed by atoms with Crippen molar-refractivity contribution in [1.82, 2.24) is 0 Å². The number of nitrogens with one attached hydrogen (secondary N) is 1. The number of hydrogen-bond acceptors (Lipinski definition) is 4. The molecule has 1 N–H and O–H groups in total. The molecule has 0 atom stereocenters. The zero-order valence-electron chi connectivity index (χ0n) is 17.2. The van der Waals surface area contributed by atoms with E-state index in [1.165, 1.54) is 36.9 Å². The summed E-state index contributed by atoms with van der Waals surface area (Å²) in [7, 11) is 0. The highest BCUT2D eigenvalue weighted by Crippen LogP contribution is 2.39. The van der Waals surface area contributed by atoms with Gasteiger partial charge in [0.15, 0.2) is 0 Å². The molecule has 0 fully saturated rings. The molecule has 0 unspecified atom stereocenters. The number of anilines is 2. The SMILES string of the molecule is CC(=O)Nc1ccc(C2=C(SCc3ccccc3)C(=O)N(c3cccc(F)c3)C2=O)cc1. The van der Waals surface area contributed by atoms with Crippen molar-refractivity contribution in [3.63, 3.8) is 0 Å². The van der Waals surface area contributed by atoms with E-state index in [2.05, 4.69) is 5.32 Å². The molecule has 4 rings (SSSR count). The topological polar surface area (TPSA) is 66.5 Å². The van der Waals surface area contributed by atoms with Crippen LogP contribution in [0.1, 0.15) is 18.1 Å². The lowest BCUT2D eigenvalue weighted by atomic mass is 10.1. The van der Waals surface area contributed by atoms with E-state index in [9.17, 15) is 18.8 Å². The number of benzene rings is 3. The van der Waals surface area contributed by atoms with Crippen LogP contribution in [0.5, 0.6) is 0 Å². The third kappa shape index (κ3) is 4.48. The van der Waals surface area contributed by atoms with E-state index < -0.39 is 17.6 Å². The number of carbonyl (C=O) groups excluding carboxylic acids is 3. The van der Waals surface area contributed by atoms with Crippen LogP contribution in [-0.4, -0.2) is 17.7 Å². The van der Waals surface area contributed by atoms with Gasteiger partial charge in [-0.1, -0.05) is 48.5 Å². The molecule has 0 aliphatic carbocycles. The van der Waals surface area contributed by atoms with Crippen LogP contribution in [0.25, 0.3) is 5.57 Å². The standard InChI is InChI=1S/C25H19FN2O3S/c1-16(29)27-20-12-10-18(11-13-20)22-23(32-15-17-6-3-2-4-7-17)25(31)28(24(22)30)21-9-5-8-19(26)14-21/h2-14H,15H2,1H3,(H,27,29). The van der Waals surface area contributed by atoms with Crippen LogP contribution in [-0.2, 0) is 20.1 Å². The van der Waals surface area contributed by atoms with E-state index in [1.54, 1.807) is 24.3 Å². The first kappa shape index (κ1) is 21.5. The van der Waals surface area contributed by atoms with Gasteiger partial charge in [-0.3, -0.25) is 14.4 Å². The molecular formula is C25H19FN2O3S. The summed E-state index contributed by atoms with van der Waals surface area (Å²) in [6.45, 7) is 1.41. The van der Waals surface area contributed by atoms with Gasteiger partial charge in [-0.2, -0.15) is 0 Å². The Hall–Kier alpha value is -3.71. The lowest BCUT2D eigenvalue weighted by Crippen LogP contribution is -2.31. The Kier molecular flexibility index (Phi) is 6.18. The second kappa shape index (κ2) is 9.20. The average molecular weight is 447 g/mol. The van der Waals surface area contributed by atoms with Gasteiger partial charge < -0.3 is 5.32 Å². The Morgan fingerprint density at radius 2 is 1.66 bits per heavy atom. The molecule has 5 nitrogen and oxygen atoms in total. The zero-order valence-corrected chi connectivity index (χ0v) is 18.0. The molecule has 1 aliphatic rings. The number of rotatable bonds is 6. The Labute approximate surface area is 188 Å². The minimum Gasteiger partial charge on any atom is -0.326 e. The van der Waals surface area contributed by atoms with E-state index in [1.807, 2.05) is 30.3 Å². The van der Waals surface area contributed by atoms with Gasteiger partial charge in [-0.25, -0.2) is 9.29 Å². The molecular weight excluding hydrogens is 427 g/mol. The Morgan fingerprint density at radius 3 is 2.31 bits per heavy atom. The van der Waals surface area contributed by atoms with Crippen molar-refractivity contribution in [2.24, 2.45) is 0 Å². The number of thioether (sulfide) groups is 1. The second-order valence-corrected chi connectivity index (χ2v) is 8.15. The fraction of sp³-hybridized carbons (Fsp3) is 0.0800. The maximum absolute atomic E-state index is 13.8. The van der Waals surface area contributed by atoms with E-state index in [-0.39, 0.29) is 17.2 Å². The molecule has 0 bridgehead atoms. The summed E-state index contributed by atoms with van der Waals surface area (Å²) in [4.78, 5) is 39.2. The Morgan fingerprint density at radius 1 is 0.938 bits per heavy atom. The van der Waals surface area contributed by atoms with Crippen LogP contribution in [0.2, 0.25) is 0 Å². The summed E-state index contributed by atoms with van der Waals surface area (Å²) < 4.78 is 13.8. The van der Waals surface area contributed by atoms with E-state index in [0.717, 1.165) is 16.5 Å². The molecule has 0 saturated heterocycles. The molecule has 0 spiro atoms. The van der Waals surface area contributed by atoms with Crippen molar-refractivity contribution < 1.29 is 18.8 Å².